The zero-order valence-corrected chi connectivity index (χ0v) is 12.1. The van der Waals surface area contributed by atoms with Gasteiger partial charge < -0.3 is 10.0 Å². The minimum absolute atomic E-state index is 0.0428. The summed E-state index contributed by atoms with van der Waals surface area (Å²) in [6.07, 6.45) is 2.77. The van der Waals surface area contributed by atoms with Gasteiger partial charge in [-0.2, -0.15) is 0 Å². The number of amides is 1. The maximum absolute atomic E-state index is 12.1. The van der Waals surface area contributed by atoms with Crippen molar-refractivity contribution in [2.45, 2.75) is 38.1 Å². The van der Waals surface area contributed by atoms with Crippen LogP contribution in [-0.2, 0) is 16.0 Å². The van der Waals surface area contributed by atoms with Crippen molar-refractivity contribution in [1.29, 1.82) is 0 Å². The molecule has 1 aliphatic heterocycles. The molecule has 1 atom stereocenters. The molecule has 118 valence electrons. The molecule has 1 aromatic carbocycles. The summed E-state index contributed by atoms with van der Waals surface area (Å²) >= 11 is 0. The summed E-state index contributed by atoms with van der Waals surface area (Å²) in [6, 6.07) is 5.56. The smallest absolute Gasteiger partial charge is 0.326 e. The Labute approximate surface area is 127 Å². The number of carbonyl (C=O) groups excluding carboxylic acids is 1. The van der Waals surface area contributed by atoms with Gasteiger partial charge in [0.05, 0.1) is 4.92 Å². The molecular weight excluding hydrogens is 288 g/mol. The average Bonchev–Trinajstić information content (AvgIpc) is 2.97. The van der Waals surface area contributed by atoms with Crippen LogP contribution in [0.4, 0.5) is 5.69 Å². The van der Waals surface area contributed by atoms with E-state index in [4.69, 9.17) is 5.11 Å². The van der Waals surface area contributed by atoms with E-state index >= 15 is 0 Å². The number of aliphatic carboxylic acids is 1. The average molecular weight is 306 g/mol. The fourth-order valence-corrected chi connectivity index (χ4v) is 2.69. The molecule has 1 N–H and O–H groups in total. The largest absolute Gasteiger partial charge is 0.480 e. The molecule has 0 aromatic heterocycles. The van der Waals surface area contributed by atoms with Crippen molar-refractivity contribution in [2.24, 2.45) is 0 Å². The number of aryl methyl sites for hydroxylation is 1. The Morgan fingerprint density at radius 2 is 2.00 bits per heavy atom. The van der Waals surface area contributed by atoms with Crippen molar-refractivity contribution < 1.29 is 19.6 Å². The first-order valence-electron chi connectivity index (χ1n) is 7.24. The SMILES string of the molecule is O=C(O)[C@@H]1CCCN1C(=O)CCCc1ccc([N+](=O)[O-])cc1. The molecule has 2 rings (SSSR count). The number of non-ortho nitro benzene ring substituents is 1. The highest BCUT2D eigenvalue weighted by atomic mass is 16.6. The van der Waals surface area contributed by atoms with Crippen LogP contribution in [0.3, 0.4) is 0 Å². The van der Waals surface area contributed by atoms with Crippen molar-refractivity contribution in [1.82, 2.24) is 4.90 Å². The molecule has 0 saturated carbocycles. The Bertz CT molecular complexity index is 570. The second-order valence-corrected chi connectivity index (χ2v) is 5.36. The maximum Gasteiger partial charge on any atom is 0.326 e. The molecule has 7 heteroatoms. The summed E-state index contributed by atoms with van der Waals surface area (Å²) in [5.74, 6) is -1.08. The predicted octanol–water partition coefficient (Wildman–Crippen LogP) is 1.99. The molecule has 1 aromatic rings. The lowest BCUT2D eigenvalue weighted by Gasteiger charge is -2.21. The highest BCUT2D eigenvalue weighted by molar-refractivity contribution is 5.84. The van der Waals surface area contributed by atoms with Crippen LogP contribution >= 0.6 is 0 Å². The number of benzene rings is 1. The standard InChI is InChI=1S/C15H18N2O5/c18-14(16-10-2-4-13(16)15(19)20)5-1-3-11-6-8-12(9-7-11)17(21)22/h6-9,13H,1-5,10H2,(H,19,20)/t13-/m0/s1. The summed E-state index contributed by atoms with van der Waals surface area (Å²) < 4.78 is 0. The number of nitrogens with zero attached hydrogens (tertiary/aromatic N) is 2. The van der Waals surface area contributed by atoms with Gasteiger partial charge in [-0.1, -0.05) is 12.1 Å². The predicted molar refractivity (Wildman–Crippen MR) is 78.4 cm³/mol. The van der Waals surface area contributed by atoms with Gasteiger partial charge in [-0.25, -0.2) is 4.79 Å². The van der Waals surface area contributed by atoms with E-state index in [2.05, 4.69) is 0 Å². The van der Waals surface area contributed by atoms with E-state index in [-0.39, 0.29) is 11.6 Å². The lowest BCUT2D eigenvalue weighted by Crippen LogP contribution is -2.40. The highest BCUT2D eigenvalue weighted by Gasteiger charge is 2.33. The van der Waals surface area contributed by atoms with Crippen molar-refractivity contribution in [2.75, 3.05) is 6.54 Å². The van der Waals surface area contributed by atoms with Crippen LogP contribution in [0.2, 0.25) is 0 Å². The van der Waals surface area contributed by atoms with Gasteiger partial charge in [-0.15, -0.1) is 0 Å². The van der Waals surface area contributed by atoms with Crippen LogP contribution in [0.1, 0.15) is 31.2 Å². The minimum atomic E-state index is -0.943. The van der Waals surface area contributed by atoms with Crippen LogP contribution < -0.4 is 0 Å². The lowest BCUT2D eigenvalue weighted by atomic mass is 10.1. The van der Waals surface area contributed by atoms with E-state index in [1.165, 1.54) is 17.0 Å². The third-order valence-electron chi connectivity index (χ3n) is 3.86. The summed E-state index contributed by atoms with van der Waals surface area (Å²) in [7, 11) is 0. The molecule has 22 heavy (non-hydrogen) atoms. The summed E-state index contributed by atoms with van der Waals surface area (Å²) in [4.78, 5) is 34.7. The molecule has 7 nitrogen and oxygen atoms in total. The van der Waals surface area contributed by atoms with Gasteiger partial charge in [-0.3, -0.25) is 14.9 Å². The molecule has 0 unspecified atom stereocenters. The highest BCUT2D eigenvalue weighted by Crippen LogP contribution is 2.19. The first-order valence-corrected chi connectivity index (χ1v) is 7.24. The Morgan fingerprint density at radius 3 is 2.59 bits per heavy atom. The fraction of sp³-hybridized carbons (Fsp3) is 0.467. The number of nitro benzene ring substituents is 1. The Hall–Kier alpha value is -2.44. The van der Waals surface area contributed by atoms with E-state index in [1.807, 2.05) is 0 Å². The van der Waals surface area contributed by atoms with E-state index in [9.17, 15) is 19.7 Å². The number of nitro groups is 1. The molecule has 0 radical (unpaired) electrons. The van der Waals surface area contributed by atoms with Crippen LogP contribution in [-0.4, -0.2) is 39.4 Å². The van der Waals surface area contributed by atoms with E-state index in [1.54, 1.807) is 12.1 Å². The summed E-state index contributed by atoms with van der Waals surface area (Å²) in [5, 5.41) is 19.6. The number of likely N-dealkylation sites (tertiary alicyclic amines) is 1. The van der Waals surface area contributed by atoms with Gasteiger partial charge >= 0.3 is 5.97 Å². The van der Waals surface area contributed by atoms with Gasteiger partial charge in [0.25, 0.3) is 5.69 Å². The molecule has 1 saturated heterocycles. The number of rotatable bonds is 6. The Kier molecular flexibility index (Phi) is 5.08. The summed E-state index contributed by atoms with van der Waals surface area (Å²) in [6.45, 7) is 0.507. The second-order valence-electron chi connectivity index (χ2n) is 5.36. The van der Waals surface area contributed by atoms with Crippen LogP contribution in [0.25, 0.3) is 0 Å². The number of carboxylic acids is 1. The van der Waals surface area contributed by atoms with Crippen LogP contribution in [0.15, 0.2) is 24.3 Å². The van der Waals surface area contributed by atoms with Crippen LogP contribution in [0, 0.1) is 10.1 Å². The van der Waals surface area contributed by atoms with Crippen LogP contribution in [0.5, 0.6) is 0 Å². The Morgan fingerprint density at radius 1 is 1.32 bits per heavy atom. The lowest BCUT2D eigenvalue weighted by molar-refractivity contribution is -0.384. The molecule has 1 heterocycles. The monoisotopic (exact) mass is 306 g/mol. The van der Waals surface area contributed by atoms with E-state index < -0.39 is 16.9 Å². The zero-order valence-electron chi connectivity index (χ0n) is 12.1. The first kappa shape index (κ1) is 15.9. The van der Waals surface area contributed by atoms with Crippen molar-refractivity contribution in [3.8, 4) is 0 Å². The Balaban J connectivity index is 1.81. The van der Waals surface area contributed by atoms with Crippen molar-refractivity contribution in [3.63, 3.8) is 0 Å². The van der Waals surface area contributed by atoms with Gasteiger partial charge in [0.15, 0.2) is 0 Å². The number of carboxylic acid groups (broad SMARTS) is 1. The molecular formula is C15H18N2O5. The first-order chi connectivity index (χ1) is 10.5. The number of hydrogen-bond donors (Lipinski definition) is 1. The quantitative estimate of drug-likeness (QED) is 0.640. The van der Waals surface area contributed by atoms with Crippen molar-refractivity contribution >= 4 is 17.6 Å². The molecule has 1 aliphatic rings. The topological polar surface area (TPSA) is 101 Å². The molecule has 1 amide bonds. The third-order valence-corrected chi connectivity index (χ3v) is 3.86. The summed E-state index contributed by atoms with van der Waals surface area (Å²) in [5.41, 5.74) is 0.968. The normalized spacial score (nSPS) is 17.5. The second kappa shape index (κ2) is 7.02. The third kappa shape index (κ3) is 3.81. The number of carbonyl (C=O) groups is 2. The van der Waals surface area contributed by atoms with E-state index in [0.29, 0.717) is 32.2 Å². The van der Waals surface area contributed by atoms with Gasteiger partial charge in [0.1, 0.15) is 6.04 Å². The van der Waals surface area contributed by atoms with Crippen molar-refractivity contribution in [3.05, 3.63) is 39.9 Å². The number of hydrogen-bond acceptors (Lipinski definition) is 4. The molecule has 0 bridgehead atoms. The van der Waals surface area contributed by atoms with Gasteiger partial charge in [-0.05, 0) is 31.2 Å². The molecule has 0 spiro atoms. The fourth-order valence-electron chi connectivity index (χ4n) is 2.69. The van der Waals surface area contributed by atoms with Gasteiger partial charge in [0, 0.05) is 25.1 Å². The van der Waals surface area contributed by atoms with Gasteiger partial charge in [0.2, 0.25) is 5.91 Å². The molecule has 0 aliphatic carbocycles. The molecule has 1 fully saturated rings. The van der Waals surface area contributed by atoms with E-state index in [0.717, 1.165) is 12.0 Å². The minimum Gasteiger partial charge on any atom is -0.480 e. The maximum atomic E-state index is 12.1. The zero-order chi connectivity index (χ0) is 16.1.